The van der Waals surface area contributed by atoms with Crippen LogP contribution in [0.2, 0.25) is 0 Å². The lowest BCUT2D eigenvalue weighted by Crippen LogP contribution is -2.36. The Morgan fingerprint density at radius 1 is 1.19 bits per heavy atom. The zero-order valence-corrected chi connectivity index (χ0v) is 11.1. The maximum Gasteiger partial charge on any atom is 0.209 e. The highest BCUT2D eigenvalue weighted by molar-refractivity contribution is 6.09. The number of para-hydroxylation sites is 2. The van der Waals surface area contributed by atoms with E-state index in [-0.39, 0.29) is 12.4 Å². The van der Waals surface area contributed by atoms with Gasteiger partial charge in [0, 0.05) is 23.3 Å². The molecule has 2 aromatic heterocycles. The lowest BCUT2D eigenvalue weighted by atomic mass is 10.1. The molecule has 3 aromatic rings. The van der Waals surface area contributed by atoms with Gasteiger partial charge in [-0.15, -0.1) is 0 Å². The largest absolute Gasteiger partial charge is 0.485 e. The summed E-state index contributed by atoms with van der Waals surface area (Å²) < 4.78 is 11.4. The predicted molar refractivity (Wildman–Crippen MR) is 76.8 cm³/mol. The molecule has 5 nitrogen and oxygen atoms in total. The number of ketones is 1. The lowest BCUT2D eigenvalue weighted by Gasteiger charge is -2.25. The highest BCUT2D eigenvalue weighted by atomic mass is 16.6. The van der Waals surface area contributed by atoms with Crippen LogP contribution in [0.3, 0.4) is 0 Å². The molecule has 0 amide bonds. The Hall–Kier alpha value is -2.82. The van der Waals surface area contributed by atoms with Crippen molar-refractivity contribution in [2.24, 2.45) is 0 Å². The van der Waals surface area contributed by atoms with Gasteiger partial charge < -0.3 is 14.5 Å². The van der Waals surface area contributed by atoms with Crippen molar-refractivity contribution in [3.05, 3.63) is 54.4 Å². The molecular weight excluding hydrogens is 268 g/mol. The van der Waals surface area contributed by atoms with Crippen LogP contribution in [0.25, 0.3) is 11.0 Å². The van der Waals surface area contributed by atoms with E-state index >= 15 is 0 Å². The zero-order chi connectivity index (χ0) is 14.2. The van der Waals surface area contributed by atoms with Gasteiger partial charge in [-0.3, -0.25) is 4.79 Å². The highest BCUT2D eigenvalue weighted by Crippen LogP contribution is 2.32. The Labute approximate surface area is 120 Å². The molecule has 3 heterocycles. The van der Waals surface area contributed by atoms with Gasteiger partial charge in [0.05, 0.1) is 0 Å². The van der Waals surface area contributed by atoms with Crippen LogP contribution in [-0.2, 0) is 0 Å². The van der Waals surface area contributed by atoms with Crippen LogP contribution in [0.5, 0.6) is 11.5 Å². The van der Waals surface area contributed by atoms with E-state index in [1.165, 1.54) is 0 Å². The van der Waals surface area contributed by atoms with Crippen LogP contribution in [0, 0.1) is 0 Å². The standard InChI is InChI=1S/C16H12N2O3/c19-15(11-8-18-16-10(11)4-3-7-17-16)14-9-20-12-5-1-2-6-13(12)21-14/h1-8,14H,9H2,(H,17,18). The maximum atomic E-state index is 12.6. The lowest BCUT2D eigenvalue weighted by molar-refractivity contribution is 0.0587. The normalized spacial score (nSPS) is 16.9. The molecule has 0 saturated heterocycles. The minimum atomic E-state index is -0.640. The van der Waals surface area contributed by atoms with Crippen LogP contribution >= 0.6 is 0 Å². The number of fused-ring (bicyclic) bond motifs is 2. The third-order valence-corrected chi connectivity index (χ3v) is 3.52. The van der Waals surface area contributed by atoms with Crippen LogP contribution in [0.4, 0.5) is 0 Å². The van der Waals surface area contributed by atoms with Crippen LogP contribution in [-0.4, -0.2) is 28.5 Å². The Morgan fingerprint density at radius 2 is 2.05 bits per heavy atom. The summed E-state index contributed by atoms with van der Waals surface area (Å²) in [6, 6.07) is 11.0. The number of ether oxygens (including phenoxy) is 2. The molecule has 1 N–H and O–H groups in total. The molecule has 1 aromatic carbocycles. The topological polar surface area (TPSA) is 64.2 Å². The summed E-state index contributed by atoms with van der Waals surface area (Å²) in [7, 11) is 0. The molecule has 104 valence electrons. The minimum absolute atomic E-state index is 0.108. The number of Topliss-reactive ketones (excluding diaryl/α,β-unsaturated/α-hetero) is 1. The average Bonchev–Trinajstić information content (AvgIpc) is 2.98. The number of hydrogen-bond acceptors (Lipinski definition) is 4. The summed E-state index contributed by atoms with van der Waals surface area (Å²) in [6.07, 6.45) is 2.71. The number of benzene rings is 1. The van der Waals surface area contributed by atoms with Crippen molar-refractivity contribution < 1.29 is 14.3 Å². The van der Waals surface area contributed by atoms with Crippen LogP contribution in [0.15, 0.2) is 48.8 Å². The second-order valence-corrected chi connectivity index (χ2v) is 4.83. The molecule has 0 bridgehead atoms. The number of H-pyrrole nitrogens is 1. The van der Waals surface area contributed by atoms with E-state index < -0.39 is 6.10 Å². The third-order valence-electron chi connectivity index (χ3n) is 3.52. The zero-order valence-electron chi connectivity index (χ0n) is 11.1. The van der Waals surface area contributed by atoms with Gasteiger partial charge in [-0.25, -0.2) is 4.98 Å². The van der Waals surface area contributed by atoms with Crippen LogP contribution in [0.1, 0.15) is 10.4 Å². The molecule has 1 unspecified atom stereocenters. The number of aromatic amines is 1. The first-order valence-electron chi connectivity index (χ1n) is 6.68. The number of carbonyl (C=O) groups excluding carboxylic acids is 1. The van der Waals surface area contributed by atoms with E-state index in [1.807, 2.05) is 24.3 Å². The van der Waals surface area contributed by atoms with E-state index in [1.54, 1.807) is 24.5 Å². The van der Waals surface area contributed by atoms with E-state index in [0.29, 0.717) is 22.7 Å². The van der Waals surface area contributed by atoms with Gasteiger partial charge in [0.2, 0.25) is 5.78 Å². The number of aromatic nitrogens is 2. The number of hydrogen-bond donors (Lipinski definition) is 1. The van der Waals surface area contributed by atoms with Crippen molar-refractivity contribution in [1.82, 2.24) is 9.97 Å². The summed E-state index contributed by atoms with van der Waals surface area (Å²) in [4.78, 5) is 19.8. The fraction of sp³-hybridized carbons (Fsp3) is 0.125. The molecule has 0 spiro atoms. The van der Waals surface area contributed by atoms with E-state index in [4.69, 9.17) is 9.47 Å². The smallest absolute Gasteiger partial charge is 0.209 e. The third kappa shape index (κ3) is 1.94. The van der Waals surface area contributed by atoms with Gasteiger partial charge in [0.15, 0.2) is 17.6 Å². The van der Waals surface area contributed by atoms with Crippen molar-refractivity contribution in [3.8, 4) is 11.5 Å². The quantitative estimate of drug-likeness (QED) is 0.733. The summed E-state index contributed by atoms with van der Waals surface area (Å²) in [6.45, 7) is 0.211. The summed E-state index contributed by atoms with van der Waals surface area (Å²) >= 11 is 0. The number of rotatable bonds is 2. The first-order chi connectivity index (χ1) is 10.3. The van der Waals surface area contributed by atoms with E-state index in [2.05, 4.69) is 9.97 Å². The molecule has 21 heavy (non-hydrogen) atoms. The SMILES string of the molecule is O=C(c1c[nH]c2ncccc12)C1COc2ccccc2O1. The van der Waals surface area contributed by atoms with Crippen molar-refractivity contribution in [3.63, 3.8) is 0 Å². The van der Waals surface area contributed by atoms with Crippen molar-refractivity contribution in [2.45, 2.75) is 6.10 Å². The van der Waals surface area contributed by atoms with Gasteiger partial charge >= 0.3 is 0 Å². The van der Waals surface area contributed by atoms with Crippen molar-refractivity contribution in [2.75, 3.05) is 6.61 Å². The molecule has 0 radical (unpaired) electrons. The molecule has 4 rings (SSSR count). The summed E-state index contributed by atoms with van der Waals surface area (Å²) in [5.41, 5.74) is 1.27. The van der Waals surface area contributed by atoms with Gasteiger partial charge in [0.25, 0.3) is 0 Å². The Balaban J connectivity index is 1.67. The molecule has 1 aliphatic rings. The summed E-state index contributed by atoms with van der Waals surface area (Å²) in [5.74, 6) is 1.16. The monoisotopic (exact) mass is 280 g/mol. The molecule has 0 fully saturated rings. The van der Waals surface area contributed by atoms with E-state index in [9.17, 15) is 4.79 Å². The first kappa shape index (κ1) is 12.0. The van der Waals surface area contributed by atoms with Gasteiger partial charge in [-0.2, -0.15) is 0 Å². The number of pyridine rings is 1. The first-order valence-corrected chi connectivity index (χ1v) is 6.68. The molecule has 1 aliphatic heterocycles. The minimum Gasteiger partial charge on any atom is -0.485 e. The maximum absolute atomic E-state index is 12.6. The van der Waals surface area contributed by atoms with Gasteiger partial charge in [-0.05, 0) is 24.3 Å². The molecule has 1 atom stereocenters. The number of nitrogens with one attached hydrogen (secondary N) is 1. The van der Waals surface area contributed by atoms with Crippen LogP contribution < -0.4 is 9.47 Å². The fourth-order valence-electron chi connectivity index (χ4n) is 2.48. The van der Waals surface area contributed by atoms with Crippen molar-refractivity contribution in [1.29, 1.82) is 0 Å². The second kappa shape index (κ2) is 4.63. The number of nitrogens with zero attached hydrogens (tertiary/aromatic N) is 1. The van der Waals surface area contributed by atoms with Crippen molar-refractivity contribution >= 4 is 16.8 Å². The average molecular weight is 280 g/mol. The van der Waals surface area contributed by atoms with Gasteiger partial charge in [-0.1, -0.05) is 12.1 Å². The Bertz CT molecular complexity index is 825. The highest BCUT2D eigenvalue weighted by Gasteiger charge is 2.29. The molecular formula is C16H12N2O3. The summed E-state index contributed by atoms with van der Waals surface area (Å²) in [5, 5.41) is 0.796. The molecule has 0 aliphatic carbocycles. The Morgan fingerprint density at radius 3 is 2.95 bits per heavy atom. The second-order valence-electron chi connectivity index (χ2n) is 4.83. The van der Waals surface area contributed by atoms with Gasteiger partial charge in [0.1, 0.15) is 12.3 Å². The molecule has 5 heteroatoms. The van der Waals surface area contributed by atoms with E-state index in [0.717, 1.165) is 5.39 Å². The number of carbonyl (C=O) groups is 1. The predicted octanol–water partition coefficient (Wildman–Crippen LogP) is 2.59. The Kier molecular flexibility index (Phi) is 2.64. The molecule has 0 saturated carbocycles. The fourth-order valence-corrected chi connectivity index (χ4v) is 2.48.